The van der Waals surface area contributed by atoms with E-state index in [4.69, 9.17) is 4.74 Å². The monoisotopic (exact) mass is 480 g/mol. The van der Waals surface area contributed by atoms with Crippen molar-refractivity contribution in [3.8, 4) is 5.75 Å². The van der Waals surface area contributed by atoms with Gasteiger partial charge in [-0.1, -0.05) is 38.5 Å². The number of ether oxygens (including phenoxy) is 1. The summed E-state index contributed by atoms with van der Waals surface area (Å²) in [5.41, 5.74) is 0.313. The molecule has 1 saturated carbocycles. The fourth-order valence-corrected chi connectivity index (χ4v) is 7.53. The van der Waals surface area contributed by atoms with Crippen molar-refractivity contribution in [1.29, 1.82) is 0 Å². The van der Waals surface area contributed by atoms with Gasteiger partial charge in [-0.25, -0.2) is 8.42 Å². The van der Waals surface area contributed by atoms with Gasteiger partial charge in [-0.2, -0.15) is 11.8 Å². The molecule has 7 heteroatoms. The Kier molecular flexibility index (Phi) is 8.46. The summed E-state index contributed by atoms with van der Waals surface area (Å²) >= 11 is 2.11. The minimum atomic E-state index is -3.19. The summed E-state index contributed by atoms with van der Waals surface area (Å²) in [5, 5.41) is 8.52. The molecule has 2 aliphatic heterocycles. The smallest absolute Gasteiger partial charge is 0.175 e. The van der Waals surface area contributed by atoms with Gasteiger partial charge in [0, 0.05) is 18.1 Å². The summed E-state index contributed by atoms with van der Waals surface area (Å²) in [4.78, 5) is 0.333. The lowest BCUT2D eigenvalue weighted by Crippen LogP contribution is -2.62. The molecule has 0 bridgehead atoms. The Labute approximate surface area is 198 Å². The first-order valence-corrected chi connectivity index (χ1v) is 15.5. The molecular weight excluding hydrogens is 440 g/mol. The second-order valence-electron chi connectivity index (χ2n) is 10.0. The molecule has 0 aromatic heterocycles. The largest absolute Gasteiger partial charge is 0.475 e. The third-order valence-corrected chi connectivity index (χ3v) is 10.1. The first-order chi connectivity index (χ1) is 15.4. The van der Waals surface area contributed by atoms with Crippen LogP contribution in [0.5, 0.6) is 5.75 Å². The average Bonchev–Trinajstić information content (AvgIpc) is 3.32. The first kappa shape index (κ1) is 24.4. The average molecular weight is 481 g/mol. The molecule has 5 nitrogen and oxygen atoms in total. The molecule has 180 valence electrons. The van der Waals surface area contributed by atoms with E-state index in [0.29, 0.717) is 10.3 Å². The van der Waals surface area contributed by atoms with Crippen molar-refractivity contribution in [2.75, 3.05) is 18.6 Å². The highest BCUT2D eigenvalue weighted by Crippen LogP contribution is 2.43. The van der Waals surface area contributed by atoms with Gasteiger partial charge in [-0.3, -0.25) is 5.32 Å². The van der Waals surface area contributed by atoms with Gasteiger partial charge >= 0.3 is 0 Å². The topological polar surface area (TPSA) is 67.4 Å². The number of benzene rings is 1. The van der Waals surface area contributed by atoms with E-state index in [1.54, 1.807) is 24.3 Å². The molecule has 32 heavy (non-hydrogen) atoms. The van der Waals surface area contributed by atoms with Crippen molar-refractivity contribution in [3.63, 3.8) is 0 Å². The lowest BCUT2D eigenvalue weighted by atomic mass is 9.70. The van der Waals surface area contributed by atoms with E-state index in [1.165, 1.54) is 82.6 Å². The maximum Gasteiger partial charge on any atom is 0.175 e. The van der Waals surface area contributed by atoms with Crippen LogP contribution in [0.3, 0.4) is 0 Å². The Morgan fingerprint density at radius 2 is 1.69 bits per heavy atom. The highest BCUT2D eigenvalue weighted by atomic mass is 32.2. The lowest BCUT2D eigenvalue weighted by molar-refractivity contribution is -0.00122. The van der Waals surface area contributed by atoms with Crippen molar-refractivity contribution in [3.05, 3.63) is 24.3 Å². The quantitative estimate of drug-likeness (QED) is 0.590. The molecule has 1 aliphatic carbocycles. The van der Waals surface area contributed by atoms with Gasteiger partial charge in [0.25, 0.3) is 0 Å². The van der Waals surface area contributed by atoms with Gasteiger partial charge in [0.2, 0.25) is 0 Å². The lowest BCUT2D eigenvalue weighted by Gasteiger charge is -2.48. The number of nitrogens with one attached hydrogen (secondary N) is 2. The summed E-state index contributed by atoms with van der Waals surface area (Å²) in [6, 6.07) is 6.83. The van der Waals surface area contributed by atoms with Gasteiger partial charge in [-0.15, -0.1) is 0 Å². The normalized spacial score (nSPS) is 29.2. The Balaban J connectivity index is 1.44. The molecule has 2 saturated heterocycles. The number of hydrogen-bond donors (Lipinski definition) is 2. The highest BCUT2D eigenvalue weighted by Gasteiger charge is 2.43. The molecule has 3 fully saturated rings. The molecule has 1 spiro atoms. The molecule has 3 unspecified atom stereocenters. The molecule has 4 rings (SSSR count). The maximum atomic E-state index is 11.7. The van der Waals surface area contributed by atoms with Gasteiger partial charge in [-0.05, 0) is 74.0 Å². The molecule has 1 aromatic carbocycles. The van der Waals surface area contributed by atoms with Crippen LogP contribution in [-0.4, -0.2) is 44.6 Å². The second kappa shape index (κ2) is 11.1. The van der Waals surface area contributed by atoms with E-state index >= 15 is 0 Å². The third kappa shape index (κ3) is 6.43. The predicted octanol–water partition coefficient (Wildman–Crippen LogP) is 5.11. The minimum absolute atomic E-state index is 0.0499. The Hall–Kier alpha value is -0.760. The number of sulfone groups is 1. The summed E-state index contributed by atoms with van der Waals surface area (Å²) in [6.45, 7) is 1.07. The number of thioether (sulfide) groups is 1. The molecule has 0 amide bonds. The summed E-state index contributed by atoms with van der Waals surface area (Å²) in [6.07, 6.45) is 17.0. The number of piperidine rings is 1. The van der Waals surface area contributed by atoms with Crippen LogP contribution in [0.25, 0.3) is 0 Å². The van der Waals surface area contributed by atoms with Gasteiger partial charge in [0.15, 0.2) is 16.1 Å². The van der Waals surface area contributed by atoms with Crippen molar-refractivity contribution in [2.45, 2.75) is 99.6 Å². The van der Waals surface area contributed by atoms with Crippen LogP contribution in [0, 0.1) is 5.41 Å². The van der Waals surface area contributed by atoms with Crippen molar-refractivity contribution in [2.24, 2.45) is 5.41 Å². The van der Waals surface area contributed by atoms with Gasteiger partial charge < -0.3 is 10.1 Å². The van der Waals surface area contributed by atoms with E-state index < -0.39 is 9.84 Å². The maximum absolute atomic E-state index is 11.7. The zero-order valence-corrected chi connectivity index (χ0v) is 21.1. The van der Waals surface area contributed by atoms with Crippen molar-refractivity contribution >= 4 is 21.6 Å². The highest BCUT2D eigenvalue weighted by molar-refractivity contribution is 8.00. The Bertz CT molecular complexity index is 812. The minimum Gasteiger partial charge on any atom is -0.475 e. The van der Waals surface area contributed by atoms with Gasteiger partial charge in [0.1, 0.15) is 5.75 Å². The molecule has 3 aliphatic rings. The van der Waals surface area contributed by atoms with Gasteiger partial charge in [0.05, 0.1) is 11.1 Å². The van der Waals surface area contributed by atoms with E-state index in [2.05, 4.69) is 22.4 Å². The van der Waals surface area contributed by atoms with E-state index in [9.17, 15) is 8.42 Å². The molecule has 2 heterocycles. The molecule has 2 N–H and O–H groups in total. The Morgan fingerprint density at radius 1 is 1.00 bits per heavy atom. The zero-order valence-electron chi connectivity index (χ0n) is 19.5. The van der Waals surface area contributed by atoms with E-state index in [1.807, 2.05) is 0 Å². The third-order valence-electron chi connectivity index (χ3n) is 7.57. The summed E-state index contributed by atoms with van der Waals surface area (Å²) in [7, 11) is -3.19. The van der Waals surface area contributed by atoms with Crippen LogP contribution in [0.2, 0.25) is 0 Å². The standard InChI is InChI=1S/C25H40N2O3S2/c1-32(28,29)22-12-10-20(11-13-22)30-23-14-17-25(15-6-4-2-3-5-7-16-25)24(27-23)26-19-21-9-8-18-31-21/h10-13,21,23-24,26-27H,2-9,14-19H2,1H3. The van der Waals surface area contributed by atoms with Crippen LogP contribution >= 0.6 is 11.8 Å². The zero-order chi connectivity index (χ0) is 22.4. The summed E-state index contributed by atoms with van der Waals surface area (Å²) in [5.74, 6) is 2.02. The van der Waals surface area contributed by atoms with Crippen molar-refractivity contribution in [1.82, 2.24) is 10.6 Å². The summed E-state index contributed by atoms with van der Waals surface area (Å²) < 4.78 is 29.8. The SMILES string of the molecule is CS(=O)(=O)c1ccc(OC2CCC3(CCCCCCCC3)C(NCC3CCCS3)N2)cc1. The van der Waals surface area contributed by atoms with Crippen LogP contribution in [0.4, 0.5) is 0 Å². The van der Waals surface area contributed by atoms with Crippen LogP contribution in [0.1, 0.15) is 77.0 Å². The molecule has 1 aromatic rings. The van der Waals surface area contributed by atoms with E-state index in [-0.39, 0.29) is 12.4 Å². The van der Waals surface area contributed by atoms with Crippen molar-refractivity contribution < 1.29 is 13.2 Å². The predicted molar refractivity (Wildman–Crippen MR) is 133 cm³/mol. The first-order valence-electron chi connectivity index (χ1n) is 12.5. The molecule has 3 atom stereocenters. The fourth-order valence-electron chi connectivity index (χ4n) is 5.69. The van der Waals surface area contributed by atoms with E-state index in [0.717, 1.165) is 24.0 Å². The number of rotatable bonds is 6. The molecular formula is C25H40N2O3S2. The molecule has 0 radical (unpaired) electrons. The van der Waals surface area contributed by atoms with Crippen LogP contribution < -0.4 is 15.4 Å². The van der Waals surface area contributed by atoms with Crippen LogP contribution in [-0.2, 0) is 9.84 Å². The Morgan fingerprint density at radius 3 is 2.31 bits per heavy atom. The van der Waals surface area contributed by atoms with Crippen LogP contribution in [0.15, 0.2) is 29.2 Å². The second-order valence-corrected chi connectivity index (χ2v) is 13.4. The fraction of sp³-hybridized carbons (Fsp3) is 0.760. The number of hydrogen-bond acceptors (Lipinski definition) is 6.